The number of nitro groups is 1. The van der Waals surface area contributed by atoms with Crippen molar-refractivity contribution in [2.75, 3.05) is 6.61 Å². The number of benzene rings is 1. The Kier molecular flexibility index (Phi) is 4.60. The highest BCUT2D eigenvalue weighted by atomic mass is 16.6. The van der Waals surface area contributed by atoms with Crippen molar-refractivity contribution in [1.29, 1.82) is 5.26 Å². The summed E-state index contributed by atoms with van der Waals surface area (Å²) in [4.78, 5) is 21.5. The molecule has 0 saturated heterocycles. The average molecular weight is 261 g/mol. The molecule has 0 atom stereocenters. The molecule has 98 valence electrons. The third kappa shape index (κ3) is 3.81. The number of carbonyl (C=O) groups excluding carboxylic acids is 1. The van der Waals surface area contributed by atoms with Crippen molar-refractivity contribution in [2.24, 2.45) is 5.73 Å². The van der Waals surface area contributed by atoms with Gasteiger partial charge in [0.25, 0.3) is 5.69 Å². The lowest BCUT2D eigenvalue weighted by Gasteiger charge is -2.05. The van der Waals surface area contributed by atoms with Gasteiger partial charge in [-0.25, -0.2) is 0 Å². The monoisotopic (exact) mass is 261 g/mol. The van der Waals surface area contributed by atoms with Gasteiger partial charge in [0.2, 0.25) is 5.78 Å². The van der Waals surface area contributed by atoms with Gasteiger partial charge in [-0.15, -0.1) is 0 Å². The van der Waals surface area contributed by atoms with E-state index in [1.54, 1.807) is 6.07 Å². The van der Waals surface area contributed by atoms with Gasteiger partial charge in [0.1, 0.15) is 17.4 Å². The Hall–Kier alpha value is -2.88. The second-order valence-corrected chi connectivity index (χ2v) is 3.63. The Balaban J connectivity index is 2.68. The zero-order valence-electron chi connectivity index (χ0n) is 10.1. The SMILES string of the molecule is C/C(N)=C(/C#N)C(=O)COc1ccc([N+](=O)[O-])cc1. The maximum atomic E-state index is 11.6. The summed E-state index contributed by atoms with van der Waals surface area (Å²) in [6.07, 6.45) is 0. The van der Waals surface area contributed by atoms with Crippen LogP contribution >= 0.6 is 0 Å². The van der Waals surface area contributed by atoms with Crippen LogP contribution in [0, 0.1) is 21.4 Å². The number of allylic oxidation sites excluding steroid dienone is 1. The lowest BCUT2D eigenvalue weighted by atomic mass is 10.1. The van der Waals surface area contributed by atoms with Crippen LogP contribution in [-0.4, -0.2) is 17.3 Å². The Morgan fingerprint density at radius 2 is 2.05 bits per heavy atom. The predicted octanol–water partition coefficient (Wildman–Crippen LogP) is 1.30. The molecule has 0 aliphatic heterocycles. The van der Waals surface area contributed by atoms with Crippen molar-refractivity contribution in [3.05, 3.63) is 45.6 Å². The maximum Gasteiger partial charge on any atom is 0.269 e. The molecule has 1 aromatic carbocycles. The summed E-state index contributed by atoms with van der Waals surface area (Å²) in [7, 11) is 0. The zero-order valence-corrected chi connectivity index (χ0v) is 10.1. The molecule has 0 amide bonds. The van der Waals surface area contributed by atoms with Gasteiger partial charge in [-0.05, 0) is 19.1 Å². The predicted molar refractivity (Wildman–Crippen MR) is 66.1 cm³/mol. The minimum absolute atomic E-state index is 0.0749. The van der Waals surface area contributed by atoms with Gasteiger partial charge in [-0.3, -0.25) is 14.9 Å². The molecule has 0 aliphatic carbocycles. The van der Waals surface area contributed by atoms with Gasteiger partial charge in [-0.1, -0.05) is 0 Å². The number of hydrogen-bond acceptors (Lipinski definition) is 6. The van der Waals surface area contributed by atoms with Gasteiger partial charge in [0.15, 0.2) is 6.61 Å². The normalized spacial score (nSPS) is 11.2. The fourth-order valence-corrected chi connectivity index (χ4v) is 1.26. The summed E-state index contributed by atoms with van der Waals surface area (Å²) in [6, 6.07) is 6.96. The van der Waals surface area contributed by atoms with E-state index in [2.05, 4.69) is 0 Å². The first kappa shape index (κ1) is 14.2. The van der Waals surface area contributed by atoms with Crippen LogP contribution in [0.25, 0.3) is 0 Å². The van der Waals surface area contributed by atoms with Crippen LogP contribution < -0.4 is 10.5 Å². The summed E-state index contributed by atoms with van der Waals surface area (Å²) in [5, 5.41) is 19.2. The van der Waals surface area contributed by atoms with Crippen LogP contribution in [0.1, 0.15) is 6.92 Å². The number of carbonyl (C=O) groups is 1. The highest BCUT2D eigenvalue weighted by Gasteiger charge is 2.12. The molecule has 7 heteroatoms. The molecule has 0 saturated carbocycles. The van der Waals surface area contributed by atoms with Crippen LogP contribution in [-0.2, 0) is 4.79 Å². The molecule has 0 heterocycles. The number of Topliss-reactive ketones (excluding diaryl/α,β-unsaturated/α-hetero) is 1. The Bertz CT molecular complexity index is 566. The molecule has 19 heavy (non-hydrogen) atoms. The molecule has 0 unspecified atom stereocenters. The largest absolute Gasteiger partial charge is 0.485 e. The van der Waals surface area contributed by atoms with Crippen molar-refractivity contribution in [3.63, 3.8) is 0 Å². The van der Waals surface area contributed by atoms with Gasteiger partial charge >= 0.3 is 0 Å². The number of ketones is 1. The van der Waals surface area contributed by atoms with E-state index in [0.717, 1.165) is 0 Å². The third-order valence-corrected chi connectivity index (χ3v) is 2.20. The van der Waals surface area contributed by atoms with E-state index < -0.39 is 10.7 Å². The minimum atomic E-state index is -0.541. The first-order valence-electron chi connectivity index (χ1n) is 5.22. The zero-order chi connectivity index (χ0) is 14.4. The number of nitriles is 1. The van der Waals surface area contributed by atoms with Gasteiger partial charge in [0.05, 0.1) is 4.92 Å². The molecule has 0 fully saturated rings. The van der Waals surface area contributed by atoms with E-state index in [9.17, 15) is 14.9 Å². The fourth-order valence-electron chi connectivity index (χ4n) is 1.26. The number of ether oxygens (including phenoxy) is 1. The number of rotatable bonds is 5. The third-order valence-electron chi connectivity index (χ3n) is 2.20. The Morgan fingerprint density at radius 3 is 2.47 bits per heavy atom. The summed E-state index contributed by atoms with van der Waals surface area (Å²) < 4.78 is 5.12. The van der Waals surface area contributed by atoms with Crippen molar-refractivity contribution in [3.8, 4) is 11.8 Å². The van der Waals surface area contributed by atoms with Crippen LogP contribution in [0.2, 0.25) is 0 Å². The topological polar surface area (TPSA) is 119 Å². The van der Waals surface area contributed by atoms with E-state index in [1.807, 2.05) is 0 Å². The second-order valence-electron chi connectivity index (χ2n) is 3.63. The highest BCUT2D eigenvalue weighted by Crippen LogP contribution is 2.17. The number of nitrogens with two attached hydrogens (primary N) is 1. The van der Waals surface area contributed by atoms with E-state index in [0.29, 0.717) is 5.75 Å². The number of nitrogens with zero attached hydrogens (tertiary/aromatic N) is 2. The Labute approximate surface area is 109 Å². The van der Waals surface area contributed by atoms with Crippen LogP contribution in [0.15, 0.2) is 35.5 Å². The molecule has 7 nitrogen and oxygen atoms in total. The number of nitro benzene ring substituents is 1. The number of non-ortho nitro benzene ring substituents is 1. The first-order valence-corrected chi connectivity index (χ1v) is 5.22. The Morgan fingerprint density at radius 1 is 1.47 bits per heavy atom. The molecular formula is C12H11N3O4. The molecule has 0 radical (unpaired) electrons. The quantitative estimate of drug-likeness (QED) is 0.369. The highest BCUT2D eigenvalue weighted by molar-refractivity contribution is 6.00. The maximum absolute atomic E-state index is 11.6. The fraction of sp³-hybridized carbons (Fsp3) is 0.167. The van der Waals surface area contributed by atoms with Gasteiger partial charge in [0, 0.05) is 17.8 Å². The van der Waals surface area contributed by atoms with Crippen LogP contribution in [0.5, 0.6) is 5.75 Å². The smallest absolute Gasteiger partial charge is 0.269 e. The standard InChI is InChI=1S/C12H11N3O4/c1-8(14)11(6-13)12(16)7-19-10-4-2-9(3-5-10)15(17)18/h2-5H,7,14H2,1H3/b11-8+. The molecule has 0 aromatic heterocycles. The van der Waals surface area contributed by atoms with E-state index >= 15 is 0 Å². The molecular weight excluding hydrogens is 250 g/mol. The van der Waals surface area contributed by atoms with Crippen LogP contribution in [0.3, 0.4) is 0 Å². The molecule has 0 spiro atoms. The second kappa shape index (κ2) is 6.16. The lowest BCUT2D eigenvalue weighted by Crippen LogP contribution is -2.16. The lowest BCUT2D eigenvalue weighted by molar-refractivity contribution is -0.384. The molecule has 1 aromatic rings. The van der Waals surface area contributed by atoms with E-state index in [1.165, 1.54) is 31.2 Å². The summed E-state index contributed by atoms with van der Waals surface area (Å²) in [6.45, 7) is 1.09. The van der Waals surface area contributed by atoms with E-state index in [4.69, 9.17) is 15.7 Å². The molecule has 0 aliphatic rings. The summed E-state index contributed by atoms with van der Waals surface area (Å²) in [5.41, 5.74) is 5.27. The van der Waals surface area contributed by atoms with Crippen LogP contribution in [0.4, 0.5) is 5.69 Å². The van der Waals surface area contributed by atoms with E-state index in [-0.39, 0.29) is 23.6 Å². The van der Waals surface area contributed by atoms with Gasteiger partial charge < -0.3 is 10.5 Å². The molecule has 0 bridgehead atoms. The number of hydrogen-bond donors (Lipinski definition) is 1. The van der Waals surface area contributed by atoms with Crippen molar-refractivity contribution >= 4 is 11.5 Å². The minimum Gasteiger partial charge on any atom is -0.485 e. The molecule has 2 N–H and O–H groups in total. The van der Waals surface area contributed by atoms with Crippen molar-refractivity contribution in [1.82, 2.24) is 0 Å². The van der Waals surface area contributed by atoms with Crippen molar-refractivity contribution in [2.45, 2.75) is 6.92 Å². The van der Waals surface area contributed by atoms with Gasteiger partial charge in [-0.2, -0.15) is 5.26 Å². The molecule has 1 rings (SSSR count). The first-order chi connectivity index (χ1) is 8.95. The van der Waals surface area contributed by atoms with Crippen molar-refractivity contribution < 1.29 is 14.5 Å². The summed E-state index contributed by atoms with van der Waals surface area (Å²) in [5.74, 6) is -0.244. The summed E-state index contributed by atoms with van der Waals surface area (Å²) >= 11 is 0. The average Bonchev–Trinajstić information content (AvgIpc) is 2.37.